The van der Waals surface area contributed by atoms with Crippen molar-refractivity contribution in [3.8, 4) is 6.01 Å². The van der Waals surface area contributed by atoms with Gasteiger partial charge in [0.25, 0.3) is 0 Å². The number of rotatable bonds is 10. The number of ether oxygens (including phenoxy) is 1. The van der Waals surface area contributed by atoms with E-state index >= 15 is 0 Å². The third-order valence-electron chi connectivity index (χ3n) is 9.44. The van der Waals surface area contributed by atoms with Gasteiger partial charge < -0.3 is 24.3 Å². The van der Waals surface area contributed by atoms with Gasteiger partial charge in [-0.2, -0.15) is 9.97 Å². The molecule has 9 nitrogen and oxygen atoms in total. The number of alkyl halides is 1. The predicted octanol–water partition coefficient (Wildman–Crippen LogP) is 4.82. The van der Waals surface area contributed by atoms with Crippen LogP contribution < -0.4 is 14.5 Å². The van der Waals surface area contributed by atoms with Gasteiger partial charge in [-0.1, -0.05) is 30.3 Å². The van der Waals surface area contributed by atoms with Crippen molar-refractivity contribution >= 4 is 28.2 Å². The van der Waals surface area contributed by atoms with Crippen molar-refractivity contribution in [3.63, 3.8) is 0 Å². The number of hydrogen-bond donors (Lipinski definition) is 0. The lowest BCUT2D eigenvalue weighted by atomic mass is 9.99. The molecule has 1 saturated carbocycles. The molecule has 0 N–H and O–H groups in total. The third-order valence-corrected chi connectivity index (χ3v) is 9.44. The number of nitrogens with zero attached hydrogens (tertiary/aromatic N) is 7. The van der Waals surface area contributed by atoms with Crippen LogP contribution in [0.3, 0.4) is 0 Å². The van der Waals surface area contributed by atoms with Crippen LogP contribution >= 0.6 is 0 Å². The van der Waals surface area contributed by atoms with E-state index in [0.29, 0.717) is 44.8 Å². The van der Waals surface area contributed by atoms with Crippen LogP contribution in [0.2, 0.25) is 0 Å². The number of piperazine rings is 1. The zero-order chi connectivity index (χ0) is 31.5. The number of aromatic nitrogens is 2. The second-order valence-corrected chi connectivity index (χ2v) is 12.5. The molecule has 236 valence electrons. The minimum absolute atomic E-state index is 0.168. The highest BCUT2D eigenvalue weighted by Crippen LogP contribution is 2.36. The molecule has 3 aliphatic rings. The summed E-state index contributed by atoms with van der Waals surface area (Å²) in [4.78, 5) is 35.1. The second-order valence-electron chi connectivity index (χ2n) is 12.5. The van der Waals surface area contributed by atoms with Gasteiger partial charge in [-0.25, -0.2) is 11.0 Å². The van der Waals surface area contributed by atoms with E-state index < -0.39 is 6.67 Å². The van der Waals surface area contributed by atoms with Crippen LogP contribution in [0.5, 0.6) is 6.01 Å². The van der Waals surface area contributed by atoms with Crippen LogP contribution in [0.4, 0.5) is 15.9 Å². The molecule has 3 aromatic rings. The van der Waals surface area contributed by atoms with E-state index in [9.17, 15) is 9.18 Å². The first-order chi connectivity index (χ1) is 21.9. The van der Waals surface area contributed by atoms with Crippen LogP contribution in [0.15, 0.2) is 48.6 Å². The number of anilines is 2. The SMILES string of the molecule is [C-]#[N+]C[C@H]1CN(c2nc(OC[C@@H](C)N(C)C3CC3)nc3c2CCN(c2cccc4cccc(C)c24)C3)CCN1C(=O)/C=C/CF. The van der Waals surface area contributed by atoms with Crippen molar-refractivity contribution in [3.05, 3.63) is 76.8 Å². The van der Waals surface area contributed by atoms with Crippen LogP contribution in [0.25, 0.3) is 15.6 Å². The molecule has 45 heavy (non-hydrogen) atoms. The van der Waals surface area contributed by atoms with E-state index in [4.69, 9.17) is 21.3 Å². The van der Waals surface area contributed by atoms with Gasteiger partial charge in [0.15, 0.2) is 0 Å². The Labute approximate surface area is 265 Å². The maximum atomic E-state index is 12.8. The summed E-state index contributed by atoms with van der Waals surface area (Å²) in [5.41, 5.74) is 4.48. The molecule has 2 atom stereocenters. The summed E-state index contributed by atoms with van der Waals surface area (Å²) in [6.07, 6.45) is 5.72. The van der Waals surface area contributed by atoms with Crippen molar-refractivity contribution in [2.24, 2.45) is 0 Å². The van der Waals surface area contributed by atoms with E-state index in [0.717, 1.165) is 30.0 Å². The van der Waals surface area contributed by atoms with Crippen molar-refractivity contribution < 1.29 is 13.9 Å². The van der Waals surface area contributed by atoms with Crippen LogP contribution in [0.1, 0.15) is 36.6 Å². The smallest absolute Gasteiger partial charge is 0.318 e. The van der Waals surface area contributed by atoms with Gasteiger partial charge in [-0.15, -0.1) is 0 Å². The molecule has 10 heteroatoms. The zero-order valence-electron chi connectivity index (χ0n) is 26.5. The molecule has 0 bridgehead atoms. The second kappa shape index (κ2) is 13.4. The minimum Gasteiger partial charge on any atom is -0.462 e. The van der Waals surface area contributed by atoms with Crippen LogP contribution in [-0.2, 0) is 17.8 Å². The molecule has 1 aromatic heterocycles. The third kappa shape index (κ3) is 6.59. The molecule has 1 saturated heterocycles. The minimum atomic E-state index is -0.695. The summed E-state index contributed by atoms with van der Waals surface area (Å²) in [6.45, 7) is 14.7. The van der Waals surface area contributed by atoms with E-state index in [2.05, 4.69) is 76.8 Å². The molecule has 1 aliphatic carbocycles. The number of halogens is 1. The number of aryl methyl sites for hydroxylation is 1. The number of carbonyl (C=O) groups is 1. The summed E-state index contributed by atoms with van der Waals surface area (Å²) in [6, 6.07) is 13.8. The van der Waals surface area contributed by atoms with Gasteiger partial charge in [-0.3, -0.25) is 9.69 Å². The molecule has 3 heterocycles. The van der Waals surface area contributed by atoms with Gasteiger partial charge in [0.2, 0.25) is 12.5 Å². The summed E-state index contributed by atoms with van der Waals surface area (Å²) < 4.78 is 19.0. The molecular weight excluding hydrogens is 569 g/mol. The molecule has 2 aromatic carbocycles. The first kappa shape index (κ1) is 30.8. The average Bonchev–Trinajstić information content (AvgIpc) is 3.91. The molecular formula is C35H42FN7O2. The molecule has 0 radical (unpaired) electrons. The Kier molecular flexibility index (Phi) is 9.17. The van der Waals surface area contributed by atoms with E-state index in [1.165, 1.54) is 47.0 Å². The fraction of sp³-hybridized carbons (Fsp3) is 0.486. The number of hydrogen-bond acceptors (Lipinski definition) is 7. The van der Waals surface area contributed by atoms with Crippen LogP contribution in [-0.4, -0.2) is 96.9 Å². The summed E-state index contributed by atoms with van der Waals surface area (Å²) in [5, 5.41) is 2.48. The first-order valence-corrected chi connectivity index (χ1v) is 16.0. The normalized spacial score (nSPS) is 19.2. The highest BCUT2D eigenvalue weighted by atomic mass is 19.1. The summed E-state index contributed by atoms with van der Waals surface area (Å²) in [5.74, 6) is 0.567. The highest BCUT2D eigenvalue weighted by Gasteiger charge is 2.35. The topological polar surface area (TPSA) is 69.4 Å². The molecule has 6 rings (SSSR count). The fourth-order valence-corrected chi connectivity index (χ4v) is 6.68. The van der Waals surface area contributed by atoms with E-state index in [1.807, 2.05) is 0 Å². The van der Waals surface area contributed by atoms with Crippen molar-refractivity contribution in [2.75, 3.05) is 62.9 Å². The van der Waals surface area contributed by atoms with Gasteiger partial charge in [0.1, 0.15) is 25.1 Å². The van der Waals surface area contributed by atoms with Gasteiger partial charge in [-0.05, 0) is 63.2 Å². The molecule has 2 fully saturated rings. The molecule has 2 aliphatic heterocycles. The Bertz CT molecular complexity index is 1610. The highest BCUT2D eigenvalue weighted by molar-refractivity contribution is 5.97. The van der Waals surface area contributed by atoms with Crippen molar-refractivity contribution in [1.82, 2.24) is 19.8 Å². The maximum Gasteiger partial charge on any atom is 0.318 e. The Balaban J connectivity index is 1.31. The van der Waals surface area contributed by atoms with E-state index in [-0.39, 0.29) is 24.5 Å². The standard InChI is InChI=1S/C35H42FN7O2/c1-24-8-5-9-26-10-6-11-31(33(24)26)41-17-15-29-30(22-41)38-35(45-23-25(2)40(4)27-13-14-27)39-34(29)42-18-19-43(28(21-42)20-37-3)32(44)12-7-16-36/h5-12,25,27-28H,13-23H2,1-2,4H3/b12-7+/t25-,28+/m1/s1. The molecule has 1 amide bonds. The first-order valence-electron chi connectivity index (χ1n) is 16.0. The largest absolute Gasteiger partial charge is 0.462 e. The summed E-state index contributed by atoms with van der Waals surface area (Å²) in [7, 11) is 2.15. The quantitative estimate of drug-likeness (QED) is 0.241. The maximum absolute atomic E-state index is 12.8. The fourth-order valence-electron chi connectivity index (χ4n) is 6.68. The average molecular weight is 612 g/mol. The number of benzene rings is 2. The number of carbonyl (C=O) groups excluding carboxylic acids is 1. The Morgan fingerprint density at radius 3 is 2.73 bits per heavy atom. The number of allylic oxidation sites excluding steroid dienone is 1. The Hall–Kier alpha value is -4.23. The van der Waals surface area contributed by atoms with Gasteiger partial charge >= 0.3 is 6.01 Å². The zero-order valence-corrected chi connectivity index (χ0v) is 26.5. The van der Waals surface area contributed by atoms with Crippen LogP contribution in [0, 0.1) is 13.5 Å². The van der Waals surface area contributed by atoms with E-state index in [1.54, 1.807) is 4.90 Å². The van der Waals surface area contributed by atoms with Gasteiger partial charge in [0, 0.05) is 61.0 Å². The Morgan fingerprint density at radius 1 is 1.18 bits per heavy atom. The Morgan fingerprint density at radius 2 is 1.98 bits per heavy atom. The summed E-state index contributed by atoms with van der Waals surface area (Å²) >= 11 is 0. The lowest BCUT2D eigenvalue weighted by Gasteiger charge is -2.41. The van der Waals surface area contributed by atoms with Gasteiger partial charge in [0.05, 0.1) is 12.2 Å². The predicted molar refractivity (Wildman–Crippen MR) is 176 cm³/mol. The molecule has 0 unspecified atom stereocenters. The van der Waals surface area contributed by atoms with Crippen molar-refractivity contribution in [1.29, 1.82) is 0 Å². The number of amides is 1. The number of likely N-dealkylation sites (N-methyl/N-ethyl adjacent to an activating group) is 1. The monoisotopic (exact) mass is 611 g/mol. The lowest BCUT2D eigenvalue weighted by Crippen LogP contribution is -2.56. The lowest BCUT2D eigenvalue weighted by molar-refractivity contribution is -0.128. The number of fused-ring (bicyclic) bond motifs is 2. The molecule has 0 spiro atoms. The van der Waals surface area contributed by atoms with Crippen molar-refractivity contribution in [2.45, 2.75) is 57.8 Å².